The van der Waals surface area contributed by atoms with E-state index >= 15 is 0 Å². The van der Waals surface area contributed by atoms with Crippen LogP contribution >= 0.6 is 0 Å². The zero-order valence-electron chi connectivity index (χ0n) is 22.6. The quantitative estimate of drug-likeness (QED) is 0.506. The predicted octanol–water partition coefficient (Wildman–Crippen LogP) is 4.52. The number of hydrogen-bond donors (Lipinski definition) is 2. The summed E-state index contributed by atoms with van der Waals surface area (Å²) in [7, 11) is 1.59. The van der Waals surface area contributed by atoms with Crippen molar-refractivity contribution in [3.63, 3.8) is 0 Å². The smallest absolute Gasteiger partial charge is 0.416 e. The zero-order valence-corrected chi connectivity index (χ0v) is 22.6. The molecule has 4 rings (SSSR count). The lowest BCUT2D eigenvalue weighted by atomic mass is 9.62. The summed E-state index contributed by atoms with van der Waals surface area (Å²) in [5.74, 6) is -2.28. The lowest BCUT2D eigenvalue weighted by Crippen LogP contribution is -2.57. The molecule has 1 unspecified atom stereocenters. The molecule has 2 N–H and O–H groups in total. The number of likely N-dealkylation sites (tertiary alicyclic amines) is 1. The molecule has 2 aliphatic rings. The monoisotopic (exact) mass is 563 g/mol. The number of benzene rings is 2. The summed E-state index contributed by atoms with van der Waals surface area (Å²) >= 11 is 0. The Labute approximate surface area is 230 Å². The fourth-order valence-electron chi connectivity index (χ4n) is 5.75. The van der Waals surface area contributed by atoms with Crippen LogP contribution in [0.2, 0.25) is 0 Å². The standard InChI is InChI=1S/C29H33F4N3O4/c1-17(2)25(35-26(38)21-14-19(29(31,32)33)6-9-23(21)30)27(39)36-12-10-28(11-13-36)15-24(37)34-16-22(28)18-4-7-20(40-3)8-5-18/h4-9,14,17,22,25H,10-13,15-16H2,1-3H3,(H,34,37)(H,35,38)/t22?,25-/m1/s1. The molecule has 2 saturated heterocycles. The van der Waals surface area contributed by atoms with Gasteiger partial charge in [0, 0.05) is 32.0 Å². The van der Waals surface area contributed by atoms with Crippen LogP contribution in [0.5, 0.6) is 5.75 Å². The van der Waals surface area contributed by atoms with Gasteiger partial charge in [-0.15, -0.1) is 0 Å². The first-order valence-electron chi connectivity index (χ1n) is 13.2. The van der Waals surface area contributed by atoms with E-state index < -0.39 is 46.9 Å². The van der Waals surface area contributed by atoms with Crippen LogP contribution in [0.15, 0.2) is 42.5 Å². The van der Waals surface area contributed by atoms with Crippen LogP contribution < -0.4 is 15.4 Å². The van der Waals surface area contributed by atoms with Crippen LogP contribution in [0, 0.1) is 17.2 Å². The number of amides is 3. The Balaban J connectivity index is 1.49. The summed E-state index contributed by atoms with van der Waals surface area (Å²) in [5.41, 5.74) is -1.22. The molecule has 2 atom stereocenters. The molecule has 1 spiro atoms. The minimum Gasteiger partial charge on any atom is -0.497 e. The molecule has 2 heterocycles. The molecule has 40 heavy (non-hydrogen) atoms. The van der Waals surface area contributed by atoms with E-state index in [0.29, 0.717) is 57.1 Å². The van der Waals surface area contributed by atoms with E-state index in [-0.39, 0.29) is 17.2 Å². The maximum atomic E-state index is 14.3. The first-order chi connectivity index (χ1) is 18.8. The maximum Gasteiger partial charge on any atom is 0.416 e. The number of carbonyl (C=O) groups excluding carboxylic acids is 3. The second kappa shape index (κ2) is 11.5. The lowest BCUT2D eigenvalue weighted by molar-refractivity contribution is -0.139. The Morgan fingerprint density at radius 1 is 1.10 bits per heavy atom. The molecule has 7 nitrogen and oxygen atoms in total. The van der Waals surface area contributed by atoms with Crippen molar-refractivity contribution >= 4 is 17.7 Å². The van der Waals surface area contributed by atoms with Crippen molar-refractivity contribution in [2.45, 2.75) is 51.2 Å². The predicted molar refractivity (Wildman–Crippen MR) is 139 cm³/mol. The lowest BCUT2D eigenvalue weighted by Gasteiger charge is -2.49. The van der Waals surface area contributed by atoms with Crippen molar-refractivity contribution in [2.24, 2.45) is 11.3 Å². The van der Waals surface area contributed by atoms with Crippen molar-refractivity contribution < 1.29 is 36.7 Å². The minimum atomic E-state index is -4.75. The van der Waals surface area contributed by atoms with Crippen LogP contribution in [0.3, 0.4) is 0 Å². The minimum absolute atomic E-state index is 0.0397. The SMILES string of the molecule is COc1ccc(C2CNC(=O)CC23CCN(C(=O)[C@H](NC(=O)c2cc(C(F)(F)F)ccc2F)C(C)C)CC3)cc1. The first kappa shape index (κ1) is 29.4. The number of nitrogens with one attached hydrogen (secondary N) is 2. The molecule has 0 bridgehead atoms. The van der Waals surface area contributed by atoms with Gasteiger partial charge in [0.25, 0.3) is 5.91 Å². The van der Waals surface area contributed by atoms with Crippen molar-refractivity contribution in [3.8, 4) is 5.75 Å². The van der Waals surface area contributed by atoms with Crippen LogP contribution in [-0.2, 0) is 15.8 Å². The number of rotatable bonds is 6. The van der Waals surface area contributed by atoms with Gasteiger partial charge in [0.15, 0.2) is 0 Å². The van der Waals surface area contributed by atoms with Gasteiger partial charge in [-0.3, -0.25) is 14.4 Å². The highest BCUT2D eigenvalue weighted by Gasteiger charge is 2.47. The summed E-state index contributed by atoms with van der Waals surface area (Å²) in [4.78, 5) is 40.4. The number of methoxy groups -OCH3 is 1. The van der Waals surface area contributed by atoms with Gasteiger partial charge in [0.1, 0.15) is 17.6 Å². The van der Waals surface area contributed by atoms with Crippen molar-refractivity contribution in [2.75, 3.05) is 26.7 Å². The molecular weight excluding hydrogens is 530 g/mol. The molecule has 2 aromatic rings. The first-order valence-corrected chi connectivity index (χ1v) is 13.2. The van der Waals surface area contributed by atoms with Crippen LogP contribution in [0.1, 0.15) is 60.5 Å². The summed E-state index contributed by atoms with van der Waals surface area (Å²) in [6.45, 7) is 4.56. The summed E-state index contributed by atoms with van der Waals surface area (Å²) in [6, 6.07) is 8.25. The average molecular weight is 564 g/mol. The topological polar surface area (TPSA) is 87.7 Å². The molecule has 0 aliphatic carbocycles. The molecule has 0 aromatic heterocycles. The van der Waals surface area contributed by atoms with Gasteiger partial charge in [0.05, 0.1) is 18.2 Å². The second-order valence-corrected chi connectivity index (χ2v) is 10.9. The maximum absolute atomic E-state index is 14.3. The number of alkyl halides is 3. The largest absolute Gasteiger partial charge is 0.497 e. The van der Waals surface area contributed by atoms with Gasteiger partial charge in [-0.05, 0) is 60.1 Å². The molecule has 0 radical (unpaired) electrons. The van der Waals surface area contributed by atoms with E-state index in [0.717, 1.165) is 11.3 Å². The molecule has 216 valence electrons. The van der Waals surface area contributed by atoms with Crippen LogP contribution in [0.4, 0.5) is 17.6 Å². The highest BCUT2D eigenvalue weighted by Crippen LogP contribution is 2.49. The second-order valence-electron chi connectivity index (χ2n) is 10.9. The summed E-state index contributed by atoms with van der Waals surface area (Å²) in [6.07, 6.45) is -3.31. The molecule has 0 saturated carbocycles. The van der Waals surface area contributed by atoms with Crippen molar-refractivity contribution in [1.29, 1.82) is 0 Å². The van der Waals surface area contributed by atoms with Crippen molar-refractivity contribution in [3.05, 3.63) is 65.0 Å². The molecule has 2 fully saturated rings. The van der Waals surface area contributed by atoms with Gasteiger partial charge in [-0.25, -0.2) is 4.39 Å². The Hall–Kier alpha value is -3.63. The Bertz CT molecular complexity index is 1250. The normalized spacial score (nSPS) is 19.8. The van der Waals surface area contributed by atoms with Gasteiger partial charge in [-0.1, -0.05) is 26.0 Å². The molecule has 2 aliphatic heterocycles. The Kier molecular flexibility index (Phi) is 8.41. The van der Waals surface area contributed by atoms with E-state index in [1.165, 1.54) is 0 Å². The Morgan fingerprint density at radius 3 is 2.33 bits per heavy atom. The number of carbonyl (C=O) groups is 3. The number of piperidine rings is 2. The third-order valence-corrected chi connectivity index (χ3v) is 8.10. The number of ether oxygens (including phenoxy) is 1. The third-order valence-electron chi connectivity index (χ3n) is 8.10. The highest BCUT2D eigenvalue weighted by molar-refractivity contribution is 5.98. The van der Waals surface area contributed by atoms with Crippen LogP contribution in [-0.4, -0.2) is 55.4 Å². The summed E-state index contributed by atoms with van der Waals surface area (Å²) < 4.78 is 58.9. The van der Waals surface area contributed by atoms with Gasteiger partial charge in [0.2, 0.25) is 11.8 Å². The fraction of sp³-hybridized carbons (Fsp3) is 0.483. The number of nitrogens with zero attached hydrogens (tertiary/aromatic N) is 1. The van der Waals surface area contributed by atoms with Gasteiger partial charge < -0.3 is 20.3 Å². The highest BCUT2D eigenvalue weighted by atomic mass is 19.4. The van der Waals surface area contributed by atoms with E-state index in [2.05, 4.69) is 10.6 Å². The molecule has 11 heteroatoms. The van der Waals surface area contributed by atoms with E-state index in [4.69, 9.17) is 4.74 Å². The molecular formula is C29H33F4N3O4. The fourth-order valence-corrected chi connectivity index (χ4v) is 5.75. The average Bonchev–Trinajstić information content (AvgIpc) is 2.91. The summed E-state index contributed by atoms with van der Waals surface area (Å²) in [5, 5.41) is 5.41. The van der Waals surface area contributed by atoms with Crippen molar-refractivity contribution in [1.82, 2.24) is 15.5 Å². The van der Waals surface area contributed by atoms with Gasteiger partial charge >= 0.3 is 6.18 Å². The van der Waals surface area contributed by atoms with E-state index in [1.54, 1.807) is 25.9 Å². The number of hydrogen-bond acceptors (Lipinski definition) is 4. The van der Waals surface area contributed by atoms with Gasteiger partial charge in [-0.2, -0.15) is 13.2 Å². The number of halogens is 4. The van der Waals surface area contributed by atoms with Crippen LogP contribution in [0.25, 0.3) is 0 Å². The Morgan fingerprint density at radius 2 is 1.75 bits per heavy atom. The molecule has 3 amide bonds. The zero-order chi connectivity index (χ0) is 29.2. The third kappa shape index (κ3) is 6.08. The van der Waals surface area contributed by atoms with E-state index in [1.807, 2.05) is 24.3 Å². The molecule has 2 aromatic carbocycles. The van der Waals surface area contributed by atoms with E-state index in [9.17, 15) is 31.9 Å².